The maximum absolute atomic E-state index is 13.2. The van der Waals surface area contributed by atoms with Crippen molar-refractivity contribution in [2.75, 3.05) is 7.11 Å². The molecule has 20 heavy (non-hydrogen) atoms. The van der Waals surface area contributed by atoms with Crippen molar-refractivity contribution < 1.29 is 14.2 Å². The summed E-state index contributed by atoms with van der Waals surface area (Å²) in [6.07, 6.45) is 0. The average Bonchev–Trinajstić information content (AvgIpc) is 2.45. The highest BCUT2D eigenvalue weighted by Gasteiger charge is 2.07. The molecule has 2 rings (SSSR count). The molecule has 0 radical (unpaired) electrons. The van der Waals surface area contributed by atoms with E-state index in [-0.39, 0.29) is 17.6 Å². The van der Waals surface area contributed by atoms with Crippen molar-refractivity contribution in [2.45, 2.75) is 19.5 Å². The zero-order chi connectivity index (χ0) is 14.5. The van der Waals surface area contributed by atoms with Gasteiger partial charge < -0.3 is 15.2 Å². The fourth-order valence-corrected chi connectivity index (χ4v) is 2.01. The summed E-state index contributed by atoms with van der Waals surface area (Å²) < 4.78 is 18.1. The standard InChI is InChI=1S/C16H18FNO2/c1-11(13-4-3-5-14(17)9-13)18-10-12-6-7-16(20-2)15(19)8-12/h3-9,11,18-19H,10H2,1-2H3. The molecule has 0 fully saturated rings. The molecule has 0 saturated heterocycles. The Hall–Kier alpha value is -2.07. The number of rotatable bonds is 5. The fraction of sp³-hybridized carbons (Fsp3) is 0.250. The average molecular weight is 275 g/mol. The molecule has 106 valence electrons. The number of hydrogen-bond donors (Lipinski definition) is 2. The number of ether oxygens (including phenoxy) is 1. The van der Waals surface area contributed by atoms with Crippen LogP contribution in [0.2, 0.25) is 0 Å². The number of benzene rings is 2. The lowest BCUT2D eigenvalue weighted by molar-refractivity contribution is 0.373. The van der Waals surface area contributed by atoms with E-state index in [1.165, 1.54) is 19.2 Å². The molecule has 0 aliphatic rings. The molecule has 2 aromatic carbocycles. The third-order valence-corrected chi connectivity index (χ3v) is 3.20. The van der Waals surface area contributed by atoms with Gasteiger partial charge in [-0.2, -0.15) is 0 Å². The predicted octanol–water partition coefficient (Wildman–Crippen LogP) is 3.39. The van der Waals surface area contributed by atoms with Crippen LogP contribution in [-0.4, -0.2) is 12.2 Å². The van der Waals surface area contributed by atoms with Crippen LogP contribution in [0.3, 0.4) is 0 Å². The van der Waals surface area contributed by atoms with Gasteiger partial charge in [0.2, 0.25) is 0 Å². The van der Waals surface area contributed by atoms with Gasteiger partial charge in [-0.15, -0.1) is 0 Å². The molecule has 0 aliphatic heterocycles. The molecule has 0 amide bonds. The Morgan fingerprint density at radius 3 is 2.70 bits per heavy atom. The number of aromatic hydroxyl groups is 1. The van der Waals surface area contributed by atoms with E-state index in [0.717, 1.165) is 11.1 Å². The summed E-state index contributed by atoms with van der Waals surface area (Å²) in [4.78, 5) is 0. The number of hydrogen-bond acceptors (Lipinski definition) is 3. The lowest BCUT2D eigenvalue weighted by atomic mass is 10.1. The van der Waals surface area contributed by atoms with Crippen LogP contribution in [0.15, 0.2) is 42.5 Å². The Morgan fingerprint density at radius 1 is 1.25 bits per heavy atom. The largest absolute Gasteiger partial charge is 0.504 e. The first-order chi connectivity index (χ1) is 9.60. The van der Waals surface area contributed by atoms with E-state index in [9.17, 15) is 9.50 Å². The highest BCUT2D eigenvalue weighted by atomic mass is 19.1. The van der Waals surface area contributed by atoms with Gasteiger partial charge in [-0.1, -0.05) is 18.2 Å². The zero-order valence-electron chi connectivity index (χ0n) is 11.6. The van der Waals surface area contributed by atoms with Gasteiger partial charge in [-0.25, -0.2) is 4.39 Å². The maximum Gasteiger partial charge on any atom is 0.160 e. The van der Waals surface area contributed by atoms with Crippen molar-refractivity contribution in [3.8, 4) is 11.5 Å². The molecule has 0 heterocycles. The zero-order valence-corrected chi connectivity index (χ0v) is 11.6. The smallest absolute Gasteiger partial charge is 0.160 e. The van der Waals surface area contributed by atoms with E-state index >= 15 is 0 Å². The second-order valence-electron chi connectivity index (χ2n) is 4.66. The maximum atomic E-state index is 13.2. The predicted molar refractivity (Wildman–Crippen MR) is 76.3 cm³/mol. The van der Waals surface area contributed by atoms with Crippen molar-refractivity contribution in [3.63, 3.8) is 0 Å². The number of phenolic OH excluding ortho intramolecular Hbond substituents is 1. The highest BCUT2D eigenvalue weighted by molar-refractivity contribution is 5.41. The summed E-state index contributed by atoms with van der Waals surface area (Å²) >= 11 is 0. The molecular formula is C16H18FNO2. The lowest BCUT2D eigenvalue weighted by Crippen LogP contribution is -2.18. The molecular weight excluding hydrogens is 257 g/mol. The van der Waals surface area contributed by atoms with E-state index < -0.39 is 0 Å². The monoisotopic (exact) mass is 275 g/mol. The van der Waals surface area contributed by atoms with Crippen LogP contribution in [0.5, 0.6) is 11.5 Å². The molecule has 0 aromatic heterocycles. The molecule has 1 atom stereocenters. The topological polar surface area (TPSA) is 41.5 Å². The first kappa shape index (κ1) is 14.3. The van der Waals surface area contributed by atoms with Crippen LogP contribution in [-0.2, 0) is 6.54 Å². The summed E-state index contributed by atoms with van der Waals surface area (Å²) in [5.74, 6) is 0.329. The Morgan fingerprint density at radius 2 is 2.05 bits per heavy atom. The van der Waals surface area contributed by atoms with Crippen LogP contribution in [0.4, 0.5) is 4.39 Å². The molecule has 2 aromatic rings. The molecule has 4 heteroatoms. The molecule has 0 saturated carbocycles. The summed E-state index contributed by atoms with van der Waals surface area (Å²) in [6, 6.07) is 11.8. The SMILES string of the molecule is COc1ccc(CNC(C)c2cccc(F)c2)cc1O. The summed E-state index contributed by atoms with van der Waals surface area (Å²) in [5, 5.41) is 13.0. The molecule has 1 unspecified atom stereocenters. The molecule has 0 aliphatic carbocycles. The van der Waals surface area contributed by atoms with Gasteiger partial charge in [0.05, 0.1) is 7.11 Å². The lowest BCUT2D eigenvalue weighted by Gasteiger charge is -2.15. The normalized spacial score (nSPS) is 12.2. The van der Waals surface area contributed by atoms with Crippen molar-refractivity contribution in [2.24, 2.45) is 0 Å². The van der Waals surface area contributed by atoms with E-state index in [0.29, 0.717) is 12.3 Å². The third kappa shape index (κ3) is 3.48. The van der Waals surface area contributed by atoms with E-state index in [2.05, 4.69) is 5.32 Å². The Bertz CT molecular complexity index is 586. The molecule has 2 N–H and O–H groups in total. The summed E-state index contributed by atoms with van der Waals surface area (Å²) in [7, 11) is 1.51. The van der Waals surface area contributed by atoms with Crippen molar-refractivity contribution in [1.82, 2.24) is 5.32 Å². The van der Waals surface area contributed by atoms with E-state index in [1.54, 1.807) is 18.2 Å². The minimum atomic E-state index is -0.238. The summed E-state index contributed by atoms with van der Waals surface area (Å²) in [6.45, 7) is 2.55. The van der Waals surface area contributed by atoms with Gasteiger partial charge in [0.15, 0.2) is 11.5 Å². The first-order valence-corrected chi connectivity index (χ1v) is 6.45. The van der Waals surface area contributed by atoms with Crippen LogP contribution >= 0.6 is 0 Å². The number of methoxy groups -OCH3 is 1. The van der Waals surface area contributed by atoms with Crippen LogP contribution in [0, 0.1) is 5.82 Å². The number of halogens is 1. The van der Waals surface area contributed by atoms with Gasteiger partial charge in [0, 0.05) is 12.6 Å². The molecule has 0 bridgehead atoms. The number of phenols is 1. The minimum absolute atomic E-state index is 0.0231. The van der Waals surface area contributed by atoms with Crippen LogP contribution in [0.25, 0.3) is 0 Å². The van der Waals surface area contributed by atoms with Crippen LogP contribution in [0.1, 0.15) is 24.1 Å². The first-order valence-electron chi connectivity index (χ1n) is 6.45. The van der Waals surface area contributed by atoms with Crippen molar-refractivity contribution >= 4 is 0 Å². The summed E-state index contributed by atoms with van der Waals surface area (Å²) in [5.41, 5.74) is 1.83. The fourth-order valence-electron chi connectivity index (χ4n) is 2.01. The minimum Gasteiger partial charge on any atom is -0.504 e. The molecule has 3 nitrogen and oxygen atoms in total. The van der Waals surface area contributed by atoms with Crippen molar-refractivity contribution in [3.05, 3.63) is 59.4 Å². The quantitative estimate of drug-likeness (QED) is 0.879. The van der Waals surface area contributed by atoms with Gasteiger partial charge >= 0.3 is 0 Å². The van der Waals surface area contributed by atoms with Gasteiger partial charge in [-0.3, -0.25) is 0 Å². The Balaban J connectivity index is 1.99. The van der Waals surface area contributed by atoms with Gasteiger partial charge in [0.1, 0.15) is 5.82 Å². The van der Waals surface area contributed by atoms with E-state index in [1.807, 2.05) is 19.1 Å². The van der Waals surface area contributed by atoms with E-state index in [4.69, 9.17) is 4.74 Å². The Labute approximate surface area is 118 Å². The molecule has 0 spiro atoms. The number of nitrogens with one attached hydrogen (secondary N) is 1. The van der Waals surface area contributed by atoms with Crippen molar-refractivity contribution in [1.29, 1.82) is 0 Å². The van der Waals surface area contributed by atoms with Gasteiger partial charge in [0.25, 0.3) is 0 Å². The second kappa shape index (κ2) is 6.39. The Kier molecular flexibility index (Phi) is 4.58. The second-order valence-corrected chi connectivity index (χ2v) is 4.66. The highest BCUT2D eigenvalue weighted by Crippen LogP contribution is 2.26. The van der Waals surface area contributed by atoms with Gasteiger partial charge in [-0.05, 0) is 42.3 Å². The van der Waals surface area contributed by atoms with Crippen LogP contribution < -0.4 is 10.1 Å². The third-order valence-electron chi connectivity index (χ3n) is 3.20.